The summed E-state index contributed by atoms with van der Waals surface area (Å²) in [6.45, 7) is 1.66. The summed E-state index contributed by atoms with van der Waals surface area (Å²) in [5.74, 6) is 1.53. The summed E-state index contributed by atoms with van der Waals surface area (Å²) in [7, 11) is 3.49. The fourth-order valence-electron chi connectivity index (χ4n) is 3.93. The van der Waals surface area contributed by atoms with Crippen LogP contribution in [0.25, 0.3) is 0 Å². The molecule has 0 fully saturated rings. The van der Waals surface area contributed by atoms with Gasteiger partial charge in [0.1, 0.15) is 24.2 Å². The lowest BCUT2D eigenvalue weighted by molar-refractivity contribution is -0.137. The number of benzene rings is 2. The Balaban J connectivity index is 1.44. The molecule has 27 heavy (non-hydrogen) atoms. The van der Waals surface area contributed by atoms with Crippen LogP contribution in [0, 0.1) is 5.92 Å². The van der Waals surface area contributed by atoms with Crippen LogP contribution in [0.4, 0.5) is 0 Å². The first kappa shape index (κ1) is 17.9. The van der Waals surface area contributed by atoms with Crippen molar-refractivity contribution in [3.8, 4) is 11.5 Å². The van der Waals surface area contributed by atoms with Gasteiger partial charge in [0.15, 0.2) is 0 Å². The molecule has 0 aliphatic carbocycles. The molecule has 2 atom stereocenters. The normalized spacial score (nSPS) is 20.8. The zero-order valence-electron chi connectivity index (χ0n) is 15.8. The maximum atomic E-state index is 13.0. The van der Waals surface area contributed by atoms with Gasteiger partial charge in [0.05, 0.1) is 26.2 Å². The molecule has 142 valence electrons. The average Bonchev–Trinajstić information content (AvgIpc) is 2.72. The fraction of sp³-hybridized carbons (Fsp3) is 0.409. The fourth-order valence-corrected chi connectivity index (χ4v) is 3.93. The van der Waals surface area contributed by atoms with Gasteiger partial charge >= 0.3 is 0 Å². The highest BCUT2D eigenvalue weighted by atomic mass is 16.5. The summed E-state index contributed by atoms with van der Waals surface area (Å²) in [6, 6.07) is 14.1. The molecule has 0 saturated heterocycles. The van der Waals surface area contributed by atoms with Crippen molar-refractivity contribution in [3.05, 3.63) is 59.2 Å². The summed E-state index contributed by atoms with van der Waals surface area (Å²) in [4.78, 5) is 14.8. The number of rotatable bonds is 4. The second kappa shape index (κ2) is 7.61. The number of methoxy groups -OCH3 is 1. The van der Waals surface area contributed by atoms with Crippen molar-refractivity contribution in [2.75, 3.05) is 33.9 Å². The second-order valence-electron chi connectivity index (χ2n) is 7.21. The molecule has 0 unspecified atom stereocenters. The minimum absolute atomic E-state index is 0.0687. The third-order valence-corrected chi connectivity index (χ3v) is 5.43. The summed E-state index contributed by atoms with van der Waals surface area (Å²) < 4.78 is 17.1. The lowest BCUT2D eigenvalue weighted by atomic mass is 9.94. The Bertz CT molecular complexity index is 835. The molecule has 0 aromatic heterocycles. The number of carbonyl (C=O) groups is 1. The van der Waals surface area contributed by atoms with Crippen LogP contribution in [0.3, 0.4) is 0 Å². The molecular formula is C22H25NO4. The van der Waals surface area contributed by atoms with Crippen LogP contribution in [0.2, 0.25) is 0 Å². The molecule has 2 heterocycles. The van der Waals surface area contributed by atoms with Gasteiger partial charge in [-0.3, -0.25) is 4.79 Å². The predicted molar refractivity (Wildman–Crippen MR) is 102 cm³/mol. The predicted octanol–water partition coefficient (Wildman–Crippen LogP) is 3.02. The van der Waals surface area contributed by atoms with Gasteiger partial charge in [-0.1, -0.05) is 24.3 Å². The van der Waals surface area contributed by atoms with Crippen molar-refractivity contribution >= 4 is 5.91 Å². The molecular weight excluding hydrogens is 342 g/mol. The third kappa shape index (κ3) is 3.65. The molecule has 0 spiro atoms. The number of amides is 1. The molecule has 2 aromatic rings. The van der Waals surface area contributed by atoms with Gasteiger partial charge in [-0.15, -0.1) is 0 Å². The van der Waals surface area contributed by atoms with E-state index in [9.17, 15) is 4.79 Å². The molecule has 0 saturated carbocycles. The number of nitrogens with zero attached hydrogens (tertiary/aromatic N) is 1. The van der Waals surface area contributed by atoms with Gasteiger partial charge in [-0.2, -0.15) is 0 Å². The van der Waals surface area contributed by atoms with Crippen LogP contribution >= 0.6 is 0 Å². The number of carbonyl (C=O) groups excluding carboxylic acids is 1. The van der Waals surface area contributed by atoms with Crippen molar-refractivity contribution in [2.24, 2.45) is 5.92 Å². The standard InChI is InChI=1S/C22H25NO4/c1-23(13-21-19-6-4-3-5-15(19)9-10-26-21)22(24)17-11-16-12-18(25-2)7-8-20(16)27-14-17/h3-8,12,17,21H,9-11,13-14H2,1-2H3/t17-,21-/m0/s1. The molecule has 5 heteroatoms. The molecule has 5 nitrogen and oxygen atoms in total. The van der Waals surface area contributed by atoms with E-state index in [0.29, 0.717) is 26.2 Å². The molecule has 4 rings (SSSR count). The lowest BCUT2D eigenvalue weighted by Gasteiger charge is -2.32. The van der Waals surface area contributed by atoms with Crippen LogP contribution < -0.4 is 9.47 Å². The number of ether oxygens (including phenoxy) is 3. The van der Waals surface area contributed by atoms with Crippen LogP contribution in [-0.2, 0) is 22.4 Å². The van der Waals surface area contributed by atoms with Gasteiger partial charge in [0.2, 0.25) is 5.91 Å². The highest BCUT2D eigenvalue weighted by Crippen LogP contribution is 2.32. The molecule has 1 amide bonds. The SMILES string of the molecule is COc1ccc2c(c1)C[C@H](C(=O)N(C)C[C@@H]1OCCc3ccccc31)CO2. The van der Waals surface area contributed by atoms with Crippen molar-refractivity contribution in [1.82, 2.24) is 4.90 Å². The van der Waals surface area contributed by atoms with Crippen LogP contribution in [0.5, 0.6) is 11.5 Å². The third-order valence-electron chi connectivity index (χ3n) is 5.43. The largest absolute Gasteiger partial charge is 0.497 e. The Morgan fingerprint density at radius 3 is 2.93 bits per heavy atom. The smallest absolute Gasteiger partial charge is 0.229 e. The molecule has 0 radical (unpaired) electrons. The zero-order chi connectivity index (χ0) is 18.8. The van der Waals surface area contributed by atoms with E-state index in [1.807, 2.05) is 31.3 Å². The van der Waals surface area contributed by atoms with Crippen molar-refractivity contribution in [3.63, 3.8) is 0 Å². The Hall–Kier alpha value is -2.53. The van der Waals surface area contributed by atoms with E-state index in [0.717, 1.165) is 23.5 Å². The molecule has 2 aromatic carbocycles. The van der Waals surface area contributed by atoms with E-state index in [4.69, 9.17) is 14.2 Å². The summed E-state index contributed by atoms with van der Waals surface area (Å²) in [6.07, 6.45) is 1.53. The summed E-state index contributed by atoms with van der Waals surface area (Å²) in [5.41, 5.74) is 3.53. The maximum Gasteiger partial charge on any atom is 0.229 e. The monoisotopic (exact) mass is 367 g/mol. The van der Waals surface area contributed by atoms with E-state index >= 15 is 0 Å². The van der Waals surface area contributed by atoms with E-state index in [1.54, 1.807) is 12.0 Å². The average molecular weight is 367 g/mol. The quantitative estimate of drug-likeness (QED) is 0.833. The Morgan fingerprint density at radius 1 is 1.22 bits per heavy atom. The van der Waals surface area contributed by atoms with E-state index < -0.39 is 0 Å². The lowest BCUT2D eigenvalue weighted by Crippen LogP contribution is -2.41. The number of hydrogen-bond acceptors (Lipinski definition) is 4. The van der Waals surface area contributed by atoms with Gasteiger partial charge in [0.25, 0.3) is 0 Å². The number of hydrogen-bond donors (Lipinski definition) is 0. The molecule has 2 aliphatic heterocycles. The summed E-state index contributed by atoms with van der Waals surface area (Å²) >= 11 is 0. The Morgan fingerprint density at radius 2 is 2.07 bits per heavy atom. The topological polar surface area (TPSA) is 48.0 Å². The second-order valence-corrected chi connectivity index (χ2v) is 7.21. The van der Waals surface area contributed by atoms with Crippen molar-refractivity contribution < 1.29 is 19.0 Å². The van der Waals surface area contributed by atoms with Gasteiger partial charge < -0.3 is 19.1 Å². The zero-order valence-corrected chi connectivity index (χ0v) is 15.8. The van der Waals surface area contributed by atoms with Crippen LogP contribution in [0.1, 0.15) is 22.8 Å². The molecule has 0 bridgehead atoms. The molecule has 2 aliphatic rings. The van der Waals surface area contributed by atoms with Crippen LogP contribution in [-0.4, -0.2) is 44.7 Å². The van der Waals surface area contributed by atoms with Gasteiger partial charge in [-0.05, 0) is 47.7 Å². The number of fused-ring (bicyclic) bond motifs is 2. The first-order valence-corrected chi connectivity index (χ1v) is 9.40. The first-order chi connectivity index (χ1) is 13.2. The Labute approximate surface area is 159 Å². The van der Waals surface area contributed by atoms with Crippen LogP contribution in [0.15, 0.2) is 42.5 Å². The Kier molecular flexibility index (Phi) is 5.03. The first-order valence-electron chi connectivity index (χ1n) is 9.40. The van der Waals surface area contributed by atoms with Gasteiger partial charge in [-0.25, -0.2) is 0 Å². The van der Waals surface area contributed by atoms with Crippen molar-refractivity contribution in [2.45, 2.75) is 18.9 Å². The number of likely N-dealkylation sites (N-methyl/N-ethyl adjacent to an activating group) is 1. The summed E-state index contributed by atoms with van der Waals surface area (Å²) in [5, 5.41) is 0. The molecule has 0 N–H and O–H groups in total. The highest BCUT2D eigenvalue weighted by molar-refractivity contribution is 5.79. The van der Waals surface area contributed by atoms with E-state index in [2.05, 4.69) is 18.2 Å². The van der Waals surface area contributed by atoms with E-state index in [-0.39, 0.29) is 17.9 Å². The van der Waals surface area contributed by atoms with Gasteiger partial charge in [0, 0.05) is 7.05 Å². The highest BCUT2D eigenvalue weighted by Gasteiger charge is 2.31. The van der Waals surface area contributed by atoms with E-state index in [1.165, 1.54) is 11.1 Å². The minimum Gasteiger partial charge on any atom is -0.497 e. The minimum atomic E-state index is -0.187. The van der Waals surface area contributed by atoms with Crippen molar-refractivity contribution in [1.29, 1.82) is 0 Å². The maximum absolute atomic E-state index is 13.0.